The average molecular weight is 588 g/mol. The van der Waals surface area contributed by atoms with Crippen LogP contribution in [0.4, 0.5) is 5.13 Å². The molecule has 1 heterocycles. The number of aryl methyl sites for hydroxylation is 1. The topological polar surface area (TPSA) is 73.8 Å². The third kappa shape index (κ3) is 7.65. The number of rotatable bonds is 12. The van der Waals surface area contributed by atoms with Gasteiger partial charge in [0.25, 0.3) is 5.91 Å². The van der Waals surface area contributed by atoms with Gasteiger partial charge in [-0.2, -0.15) is 4.31 Å². The summed E-state index contributed by atoms with van der Waals surface area (Å²) in [6.07, 6.45) is 2.25. The molecule has 0 fully saturated rings. The summed E-state index contributed by atoms with van der Waals surface area (Å²) in [5, 5.41) is 1.24. The highest BCUT2D eigenvalue weighted by atomic mass is 35.5. The predicted octanol–water partition coefficient (Wildman–Crippen LogP) is 6.09. The number of fused-ring (bicyclic) bond motifs is 1. The van der Waals surface area contributed by atoms with Crippen LogP contribution in [0.1, 0.15) is 49.0 Å². The van der Waals surface area contributed by atoms with Gasteiger partial charge in [-0.05, 0) is 88.8 Å². The number of carbonyl (C=O) groups is 1. The molecule has 0 bridgehead atoms. The quantitative estimate of drug-likeness (QED) is 0.257. The van der Waals surface area contributed by atoms with Crippen molar-refractivity contribution in [1.82, 2.24) is 14.2 Å². The normalized spacial score (nSPS) is 11.8. The van der Waals surface area contributed by atoms with Gasteiger partial charge < -0.3 is 4.90 Å². The zero-order valence-electron chi connectivity index (χ0n) is 22.0. The Balaban J connectivity index is 0.00000481. The second-order valence-corrected chi connectivity index (χ2v) is 12.5. The van der Waals surface area contributed by atoms with E-state index in [9.17, 15) is 13.2 Å². The molecule has 7 nitrogen and oxygen atoms in total. The molecule has 0 atom stereocenters. The lowest BCUT2D eigenvalue weighted by Gasteiger charge is -2.22. The van der Waals surface area contributed by atoms with E-state index >= 15 is 0 Å². The van der Waals surface area contributed by atoms with Crippen molar-refractivity contribution in [2.45, 2.75) is 44.9 Å². The first-order valence-corrected chi connectivity index (χ1v) is 14.8. The summed E-state index contributed by atoms with van der Waals surface area (Å²) in [4.78, 5) is 22.4. The lowest BCUT2D eigenvalue weighted by atomic mass is 10.2. The number of benzene rings is 2. The SMILES string of the molecule is CCCN(CCC)S(=O)(=O)c1ccc(C(=O)N(CCCN(C)C)c2nc3c(C)cc(Cl)cc3s2)cc1.Cl. The van der Waals surface area contributed by atoms with Crippen LogP contribution in [-0.2, 0) is 10.0 Å². The smallest absolute Gasteiger partial charge is 0.260 e. The zero-order valence-corrected chi connectivity index (χ0v) is 25.2. The largest absolute Gasteiger partial charge is 0.309 e. The average Bonchev–Trinajstić information content (AvgIpc) is 3.25. The van der Waals surface area contributed by atoms with E-state index in [0.717, 1.165) is 41.6 Å². The van der Waals surface area contributed by atoms with E-state index < -0.39 is 10.0 Å². The fourth-order valence-corrected chi connectivity index (χ4v) is 7.08. The minimum Gasteiger partial charge on any atom is -0.309 e. The van der Waals surface area contributed by atoms with Gasteiger partial charge in [0.1, 0.15) is 0 Å². The van der Waals surface area contributed by atoms with Crippen molar-refractivity contribution in [1.29, 1.82) is 0 Å². The maximum atomic E-state index is 13.6. The summed E-state index contributed by atoms with van der Waals surface area (Å²) < 4.78 is 28.7. The van der Waals surface area contributed by atoms with Crippen LogP contribution in [0, 0.1) is 6.92 Å². The van der Waals surface area contributed by atoms with Crippen molar-refractivity contribution < 1.29 is 13.2 Å². The van der Waals surface area contributed by atoms with Crippen LogP contribution < -0.4 is 4.90 Å². The second-order valence-electron chi connectivity index (χ2n) is 9.11. The zero-order chi connectivity index (χ0) is 26.5. The van der Waals surface area contributed by atoms with E-state index in [1.54, 1.807) is 17.0 Å². The molecule has 2 aromatic carbocycles. The van der Waals surface area contributed by atoms with Crippen LogP contribution in [0.25, 0.3) is 10.2 Å². The van der Waals surface area contributed by atoms with E-state index in [4.69, 9.17) is 16.6 Å². The van der Waals surface area contributed by atoms with Crippen molar-refractivity contribution in [2.24, 2.45) is 0 Å². The molecule has 0 radical (unpaired) electrons. The molecule has 3 aromatic rings. The Morgan fingerprint density at radius 3 is 2.19 bits per heavy atom. The molecule has 0 aliphatic rings. The van der Waals surface area contributed by atoms with Crippen LogP contribution in [0.5, 0.6) is 0 Å². The summed E-state index contributed by atoms with van der Waals surface area (Å²) in [6.45, 7) is 8.13. The van der Waals surface area contributed by atoms with Gasteiger partial charge in [0.05, 0.1) is 15.1 Å². The maximum Gasteiger partial charge on any atom is 0.260 e. The number of amides is 1. The lowest BCUT2D eigenvalue weighted by molar-refractivity contribution is 0.0986. The number of aromatic nitrogens is 1. The molecule has 37 heavy (non-hydrogen) atoms. The third-order valence-corrected chi connectivity index (χ3v) is 8.94. The Bertz CT molecular complexity index is 1290. The van der Waals surface area contributed by atoms with Gasteiger partial charge >= 0.3 is 0 Å². The van der Waals surface area contributed by atoms with Gasteiger partial charge in [0.2, 0.25) is 10.0 Å². The molecular formula is C26H36Cl2N4O3S2. The number of hydrogen-bond acceptors (Lipinski definition) is 6. The van der Waals surface area contributed by atoms with Crippen molar-refractivity contribution in [3.8, 4) is 0 Å². The first-order valence-electron chi connectivity index (χ1n) is 12.2. The predicted molar refractivity (Wildman–Crippen MR) is 157 cm³/mol. The molecule has 1 aromatic heterocycles. The van der Waals surface area contributed by atoms with E-state index in [1.165, 1.54) is 27.8 Å². The van der Waals surface area contributed by atoms with Crippen molar-refractivity contribution in [3.63, 3.8) is 0 Å². The molecule has 3 rings (SSSR count). The number of sulfonamides is 1. The van der Waals surface area contributed by atoms with Crippen LogP contribution in [-0.4, -0.2) is 68.8 Å². The van der Waals surface area contributed by atoms with Gasteiger partial charge in [0, 0.05) is 30.2 Å². The Morgan fingerprint density at radius 1 is 1.00 bits per heavy atom. The van der Waals surface area contributed by atoms with E-state index in [0.29, 0.717) is 35.4 Å². The minimum atomic E-state index is -3.61. The lowest BCUT2D eigenvalue weighted by Crippen LogP contribution is -2.34. The first-order chi connectivity index (χ1) is 17.1. The van der Waals surface area contributed by atoms with Crippen LogP contribution in [0.3, 0.4) is 0 Å². The van der Waals surface area contributed by atoms with Gasteiger partial charge in [-0.3, -0.25) is 9.69 Å². The fourth-order valence-electron chi connectivity index (χ4n) is 4.01. The number of anilines is 1. The van der Waals surface area contributed by atoms with Crippen molar-refractivity contribution in [3.05, 3.63) is 52.5 Å². The second kappa shape index (κ2) is 13.9. The Labute approximate surface area is 235 Å². The molecule has 204 valence electrons. The van der Waals surface area contributed by atoms with Crippen molar-refractivity contribution in [2.75, 3.05) is 45.2 Å². The summed E-state index contributed by atoms with van der Waals surface area (Å²) in [7, 11) is 0.380. The highest BCUT2D eigenvalue weighted by Crippen LogP contribution is 2.34. The maximum absolute atomic E-state index is 13.6. The van der Waals surface area contributed by atoms with E-state index in [-0.39, 0.29) is 23.2 Å². The monoisotopic (exact) mass is 586 g/mol. The van der Waals surface area contributed by atoms with Gasteiger partial charge in [-0.25, -0.2) is 13.4 Å². The van der Waals surface area contributed by atoms with Crippen LogP contribution >= 0.6 is 35.3 Å². The first kappa shape index (κ1) is 31.5. The molecule has 1 amide bonds. The number of hydrogen-bond donors (Lipinski definition) is 0. The molecule has 11 heteroatoms. The minimum absolute atomic E-state index is 0. The van der Waals surface area contributed by atoms with Gasteiger partial charge in [-0.15, -0.1) is 12.4 Å². The highest BCUT2D eigenvalue weighted by molar-refractivity contribution is 7.89. The van der Waals surface area contributed by atoms with Crippen molar-refractivity contribution >= 4 is 66.6 Å². The Hall–Kier alpha value is -1.75. The number of nitrogens with zero attached hydrogens (tertiary/aromatic N) is 4. The molecule has 0 aliphatic carbocycles. The standard InChI is InChI=1S/C26H35ClN4O3S2.ClH/c1-6-13-30(14-7-2)36(33,34)22-11-9-20(10-12-22)25(32)31(16-8-15-29(4)5)26-28-24-19(3)17-21(27)18-23(24)35-26;/h9-12,17-18H,6-8,13-16H2,1-5H3;1H. The summed E-state index contributed by atoms with van der Waals surface area (Å²) >= 11 is 7.67. The third-order valence-electron chi connectivity index (χ3n) is 5.79. The van der Waals surface area contributed by atoms with Crippen LogP contribution in [0.15, 0.2) is 41.3 Å². The van der Waals surface area contributed by atoms with E-state index in [2.05, 4.69) is 4.90 Å². The Morgan fingerprint density at radius 2 is 1.62 bits per heavy atom. The number of halogens is 2. The Kier molecular flexibility index (Phi) is 11.8. The molecule has 0 N–H and O–H groups in total. The highest BCUT2D eigenvalue weighted by Gasteiger charge is 2.25. The van der Waals surface area contributed by atoms with E-state index in [1.807, 2.05) is 47.0 Å². The molecular weight excluding hydrogens is 551 g/mol. The number of carbonyl (C=O) groups excluding carboxylic acids is 1. The molecule has 0 aliphatic heterocycles. The summed E-state index contributed by atoms with van der Waals surface area (Å²) in [6, 6.07) is 9.98. The van der Waals surface area contributed by atoms with Gasteiger partial charge in [-0.1, -0.05) is 36.8 Å². The van der Waals surface area contributed by atoms with Crippen LogP contribution in [0.2, 0.25) is 5.02 Å². The number of thiazole rings is 1. The van der Waals surface area contributed by atoms with Gasteiger partial charge in [0.15, 0.2) is 5.13 Å². The summed E-state index contributed by atoms with van der Waals surface area (Å²) in [5.41, 5.74) is 2.21. The molecule has 0 saturated heterocycles. The fraction of sp³-hybridized carbons (Fsp3) is 0.462. The molecule has 0 saturated carbocycles. The summed E-state index contributed by atoms with van der Waals surface area (Å²) in [5.74, 6) is -0.209. The molecule has 0 unspecified atom stereocenters. The molecule has 0 spiro atoms.